The number of sulfonamides is 1. The Labute approximate surface area is 142 Å². The quantitative estimate of drug-likeness (QED) is 0.660. The standard InChI is InChI=1S/C15H24N2O4S2/c1-16(8-5-11-21-2)14(18)12-13-6-7-15(22-13)23(19,20)17-9-3-4-10-17/h6-7H,3-5,8-12H2,1-2H3. The molecule has 6 nitrogen and oxygen atoms in total. The predicted octanol–water partition coefficient (Wildman–Crippen LogP) is 1.57. The Balaban J connectivity index is 1.95. The van der Waals surface area contributed by atoms with Crippen LogP contribution >= 0.6 is 11.3 Å². The first kappa shape index (κ1) is 18.4. The third kappa shape index (κ3) is 4.76. The van der Waals surface area contributed by atoms with Gasteiger partial charge in [-0.05, 0) is 31.4 Å². The Hall–Kier alpha value is -0.960. The van der Waals surface area contributed by atoms with Gasteiger partial charge in [-0.1, -0.05) is 0 Å². The molecule has 0 radical (unpaired) electrons. The van der Waals surface area contributed by atoms with E-state index in [0.29, 0.717) is 30.5 Å². The van der Waals surface area contributed by atoms with E-state index >= 15 is 0 Å². The van der Waals surface area contributed by atoms with Crippen LogP contribution in [0.25, 0.3) is 0 Å². The number of hydrogen-bond acceptors (Lipinski definition) is 5. The normalized spacial score (nSPS) is 15.9. The molecule has 0 aliphatic carbocycles. The van der Waals surface area contributed by atoms with Crippen molar-refractivity contribution in [2.45, 2.75) is 29.9 Å². The Morgan fingerprint density at radius 1 is 1.35 bits per heavy atom. The van der Waals surface area contributed by atoms with Crippen molar-refractivity contribution in [1.29, 1.82) is 0 Å². The molecule has 0 bridgehead atoms. The number of thiophene rings is 1. The lowest BCUT2D eigenvalue weighted by Gasteiger charge is -2.16. The van der Waals surface area contributed by atoms with Crippen LogP contribution in [0.4, 0.5) is 0 Å². The molecule has 0 N–H and O–H groups in total. The fourth-order valence-corrected chi connectivity index (χ4v) is 5.52. The maximum atomic E-state index is 12.5. The number of carbonyl (C=O) groups is 1. The van der Waals surface area contributed by atoms with Gasteiger partial charge in [-0.15, -0.1) is 11.3 Å². The van der Waals surface area contributed by atoms with E-state index in [1.165, 1.54) is 15.6 Å². The Morgan fingerprint density at radius 2 is 2.04 bits per heavy atom. The fraction of sp³-hybridized carbons (Fsp3) is 0.667. The number of rotatable bonds is 8. The summed E-state index contributed by atoms with van der Waals surface area (Å²) in [6.07, 6.45) is 2.87. The van der Waals surface area contributed by atoms with E-state index < -0.39 is 10.0 Å². The first-order valence-corrected chi connectivity index (χ1v) is 10.0. The number of amides is 1. The van der Waals surface area contributed by atoms with Crippen molar-refractivity contribution in [3.8, 4) is 0 Å². The smallest absolute Gasteiger partial charge is 0.252 e. The van der Waals surface area contributed by atoms with Gasteiger partial charge in [-0.2, -0.15) is 4.31 Å². The molecule has 130 valence electrons. The zero-order valence-electron chi connectivity index (χ0n) is 13.7. The van der Waals surface area contributed by atoms with E-state index in [4.69, 9.17) is 4.74 Å². The lowest BCUT2D eigenvalue weighted by molar-refractivity contribution is -0.129. The molecule has 1 amide bonds. The molecule has 0 unspecified atom stereocenters. The second-order valence-electron chi connectivity index (χ2n) is 5.67. The van der Waals surface area contributed by atoms with Gasteiger partial charge in [0.1, 0.15) is 4.21 Å². The molecule has 8 heteroatoms. The summed E-state index contributed by atoms with van der Waals surface area (Å²) in [7, 11) is 0.0111. The molecule has 2 heterocycles. The van der Waals surface area contributed by atoms with Crippen LogP contribution in [0.2, 0.25) is 0 Å². The highest BCUT2D eigenvalue weighted by molar-refractivity contribution is 7.91. The highest BCUT2D eigenvalue weighted by Gasteiger charge is 2.28. The largest absolute Gasteiger partial charge is 0.385 e. The highest BCUT2D eigenvalue weighted by Crippen LogP contribution is 2.27. The topological polar surface area (TPSA) is 66.9 Å². The molecule has 0 spiro atoms. The van der Waals surface area contributed by atoms with Gasteiger partial charge in [0.05, 0.1) is 6.42 Å². The molecule has 1 saturated heterocycles. The zero-order chi connectivity index (χ0) is 16.9. The molecule has 0 aromatic carbocycles. The minimum Gasteiger partial charge on any atom is -0.385 e. The molecule has 1 aliphatic heterocycles. The van der Waals surface area contributed by atoms with Gasteiger partial charge in [0.25, 0.3) is 10.0 Å². The third-order valence-corrected chi connectivity index (χ3v) is 7.34. The van der Waals surface area contributed by atoms with E-state index in [0.717, 1.165) is 24.1 Å². The van der Waals surface area contributed by atoms with Crippen LogP contribution in [-0.2, 0) is 26.0 Å². The first-order valence-electron chi connectivity index (χ1n) is 7.77. The van der Waals surface area contributed by atoms with E-state index in [1.54, 1.807) is 31.2 Å². The molecule has 0 saturated carbocycles. The van der Waals surface area contributed by atoms with Gasteiger partial charge in [0.15, 0.2) is 0 Å². The minimum absolute atomic E-state index is 0.00641. The van der Waals surface area contributed by atoms with Crippen molar-refractivity contribution in [2.24, 2.45) is 0 Å². The van der Waals surface area contributed by atoms with Gasteiger partial charge < -0.3 is 9.64 Å². The van der Waals surface area contributed by atoms with Crippen LogP contribution < -0.4 is 0 Å². The molecule has 1 aromatic rings. The van der Waals surface area contributed by atoms with E-state index in [-0.39, 0.29) is 12.3 Å². The molecule has 1 aromatic heterocycles. The Kier molecular flexibility index (Phi) is 6.58. The number of methoxy groups -OCH3 is 1. The summed E-state index contributed by atoms with van der Waals surface area (Å²) >= 11 is 1.20. The summed E-state index contributed by atoms with van der Waals surface area (Å²) in [4.78, 5) is 14.6. The number of likely N-dealkylation sites (N-methyl/N-ethyl adjacent to an activating group) is 1. The summed E-state index contributed by atoms with van der Waals surface area (Å²) in [6, 6.07) is 3.36. The van der Waals surface area contributed by atoms with Crippen molar-refractivity contribution in [3.05, 3.63) is 17.0 Å². The monoisotopic (exact) mass is 360 g/mol. The summed E-state index contributed by atoms with van der Waals surface area (Å²) in [5.41, 5.74) is 0. The maximum Gasteiger partial charge on any atom is 0.252 e. The fourth-order valence-electron chi connectivity index (χ4n) is 2.50. The van der Waals surface area contributed by atoms with Gasteiger partial charge in [0.2, 0.25) is 5.91 Å². The minimum atomic E-state index is -3.38. The summed E-state index contributed by atoms with van der Waals surface area (Å²) < 4.78 is 31.8. The number of ether oxygens (including phenoxy) is 1. The predicted molar refractivity (Wildman–Crippen MR) is 90.1 cm³/mol. The third-order valence-electron chi connectivity index (χ3n) is 3.89. The molecule has 2 rings (SSSR count). The van der Waals surface area contributed by atoms with Crippen LogP contribution in [-0.4, -0.2) is 63.9 Å². The maximum absolute atomic E-state index is 12.5. The van der Waals surface area contributed by atoms with Gasteiger partial charge >= 0.3 is 0 Å². The molecule has 0 atom stereocenters. The first-order chi connectivity index (χ1) is 10.9. The summed E-state index contributed by atoms with van der Waals surface area (Å²) in [6.45, 7) is 2.44. The lowest BCUT2D eigenvalue weighted by atomic mass is 10.3. The van der Waals surface area contributed by atoms with Crippen molar-refractivity contribution in [3.63, 3.8) is 0 Å². The molecular weight excluding hydrogens is 336 g/mol. The van der Waals surface area contributed by atoms with Gasteiger partial charge in [-0.25, -0.2) is 8.42 Å². The van der Waals surface area contributed by atoms with Crippen molar-refractivity contribution >= 4 is 27.3 Å². The van der Waals surface area contributed by atoms with E-state index in [2.05, 4.69) is 0 Å². The number of carbonyl (C=O) groups excluding carboxylic acids is 1. The van der Waals surface area contributed by atoms with Crippen LogP contribution in [0.15, 0.2) is 16.3 Å². The van der Waals surface area contributed by atoms with Crippen molar-refractivity contribution in [1.82, 2.24) is 9.21 Å². The number of hydrogen-bond donors (Lipinski definition) is 0. The van der Waals surface area contributed by atoms with Crippen LogP contribution in [0.3, 0.4) is 0 Å². The van der Waals surface area contributed by atoms with Crippen LogP contribution in [0.1, 0.15) is 24.1 Å². The molecule has 23 heavy (non-hydrogen) atoms. The van der Waals surface area contributed by atoms with Gasteiger partial charge in [0, 0.05) is 45.3 Å². The van der Waals surface area contributed by atoms with E-state index in [9.17, 15) is 13.2 Å². The molecule has 1 fully saturated rings. The lowest BCUT2D eigenvalue weighted by Crippen LogP contribution is -2.29. The second-order valence-corrected chi connectivity index (χ2v) is 9.00. The van der Waals surface area contributed by atoms with Crippen LogP contribution in [0, 0.1) is 0 Å². The zero-order valence-corrected chi connectivity index (χ0v) is 15.3. The van der Waals surface area contributed by atoms with Gasteiger partial charge in [-0.3, -0.25) is 4.79 Å². The van der Waals surface area contributed by atoms with Crippen molar-refractivity contribution < 1.29 is 17.9 Å². The van der Waals surface area contributed by atoms with E-state index in [1.807, 2.05) is 0 Å². The molecular formula is C15H24N2O4S2. The number of nitrogens with zero attached hydrogens (tertiary/aromatic N) is 2. The summed E-state index contributed by atoms with van der Waals surface area (Å²) in [5, 5.41) is 0. The van der Waals surface area contributed by atoms with Crippen molar-refractivity contribution in [2.75, 3.05) is 40.4 Å². The summed E-state index contributed by atoms with van der Waals surface area (Å²) in [5.74, 6) is -0.00641. The average Bonchev–Trinajstić information content (AvgIpc) is 3.19. The molecule has 1 aliphatic rings. The SMILES string of the molecule is COCCCN(C)C(=O)Cc1ccc(S(=O)(=O)N2CCCC2)s1. The second kappa shape index (κ2) is 8.23. The highest BCUT2D eigenvalue weighted by atomic mass is 32.2. The average molecular weight is 361 g/mol. The van der Waals surface area contributed by atoms with Crippen LogP contribution in [0.5, 0.6) is 0 Å². The Morgan fingerprint density at radius 3 is 2.70 bits per heavy atom. The Bertz CT molecular complexity index is 621.